The van der Waals surface area contributed by atoms with Crippen LogP contribution < -0.4 is 16.4 Å². The van der Waals surface area contributed by atoms with E-state index in [4.69, 9.17) is 5.73 Å². The molecule has 0 fully saturated rings. The molecule has 1 atom stereocenters. The van der Waals surface area contributed by atoms with E-state index in [2.05, 4.69) is 10.6 Å². The van der Waals surface area contributed by atoms with Gasteiger partial charge in [0.2, 0.25) is 11.8 Å². The van der Waals surface area contributed by atoms with Gasteiger partial charge in [-0.1, -0.05) is 0 Å². The Morgan fingerprint density at radius 1 is 0.957 bits per heavy atom. The Morgan fingerprint density at radius 2 is 1.52 bits per heavy atom. The lowest BCUT2D eigenvalue weighted by Crippen LogP contribution is -2.09. The van der Waals surface area contributed by atoms with Crippen LogP contribution in [0.5, 0.6) is 0 Å². The molecule has 4 N–H and O–H groups in total. The molecule has 2 aromatic carbocycles. The zero-order chi connectivity index (χ0) is 17.0. The third kappa shape index (κ3) is 4.48. The Hall–Kier alpha value is -2.51. The van der Waals surface area contributed by atoms with E-state index in [0.29, 0.717) is 26.9 Å². The highest BCUT2D eigenvalue weighted by Crippen LogP contribution is 2.27. The second kappa shape index (κ2) is 7.17. The molecule has 0 aromatic heterocycles. The maximum atomic E-state index is 12.5. The van der Waals surface area contributed by atoms with Crippen LogP contribution in [0.1, 0.15) is 13.8 Å². The lowest BCUT2D eigenvalue weighted by Gasteiger charge is -2.13. The topological polar surface area (TPSA) is 107 Å². The van der Waals surface area contributed by atoms with E-state index in [1.165, 1.54) is 13.8 Å². The Morgan fingerprint density at radius 3 is 2.04 bits per heavy atom. The Labute approximate surface area is 137 Å². The van der Waals surface area contributed by atoms with Gasteiger partial charge in [0.15, 0.2) is 9.79 Å². The number of hydrogen-bond donors (Lipinski definition) is 3. The van der Waals surface area contributed by atoms with Crippen LogP contribution in [0.2, 0.25) is 0 Å². The normalized spacial score (nSPS) is 11.6. The molecule has 2 amide bonds. The Balaban J connectivity index is 2.19. The minimum Gasteiger partial charge on any atom is -0.606 e. The van der Waals surface area contributed by atoms with Crippen molar-refractivity contribution in [1.29, 1.82) is 0 Å². The van der Waals surface area contributed by atoms with Gasteiger partial charge in [-0.05, 0) is 36.4 Å². The molecule has 0 bridgehead atoms. The summed E-state index contributed by atoms with van der Waals surface area (Å²) in [6.45, 7) is 2.81. The monoisotopic (exact) mass is 331 g/mol. The number of nitrogens with one attached hydrogen (secondary N) is 2. The summed E-state index contributed by atoms with van der Waals surface area (Å²) >= 11 is -1.40. The highest BCUT2D eigenvalue weighted by atomic mass is 32.2. The van der Waals surface area contributed by atoms with Gasteiger partial charge in [0.25, 0.3) is 0 Å². The summed E-state index contributed by atoms with van der Waals surface area (Å²) in [5.41, 5.74) is 7.34. The fourth-order valence-corrected chi connectivity index (χ4v) is 3.04. The van der Waals surface area contributed by atoms with Gasteiger partial charge in [0.1, 0.15) is 0 Å². The molecule has 0 aliphatic rings. The van der Waals surface area contributed by atoms with E-state index in [1.54, 1.807) is 42.5 Å². The fraction of sp³-hybridized carbons (Fsp3) is 0.125. The van der Waals surface area contributed by atoms with Crippen molar-refractivity contribution in [3.63, 3.8) is 0 Å². The van der Waals surface area contributed by atoms with Crippen LogP contribution >= 0.6 is 0 Å². The van der Waals surface area contributed by atoms with Crippen LogP contribution in [-0.2, 0) is 20.8 Å². The number of anilines is 3. The van der Waals surface area contributed by atoms with Crippen molar-refractivity contribution in [3.05, 3.63) is 42.5 Å². The second-order valence-electron chi connectivity index (χ2n) is 4.90. The molecule has 2 rings (SSSR count). The van der Waals surface area contributed by atoms with Crippen molar-refractivity contribution in [2.45, 2.75) is 23.6 Å². The summed E-state index contributed by atoms with van der Waals surface area (Å²) < 4.78 is 12.5. The third-order valence-corrected chi connectivity index (χ3v) is 4.32. The SMILES string of the molecule is CC(=O)Nc1ccc([S+]([O-])c2ccc(NC(C)=O)c(N)c2)cc1. The van der Waals surface area contributed by atoms with Crippen molar-refractivity contribution in [1.82, 2.24) is 0 Å². The number of amides is 2. The molecule has 0 spiro atoms. The first-order valence-electron chi connectivity index (χ1n) is 6.83. The zero-order valence-corrected chi connectivity index (χ0v) is 13.6. The summed E-state index contributed by atoms with van der Waals surface area (Å²) in [5.74, 6) is -0.390. The zero-order valence-electron chi connectivity index (χ0n) is 12.8. The van der Waals surface area contributed by atoms with Crippen LogP contribution in [0.15, 0.2) is 52.3 Å². The van der Waals surface area contributed by atoms with E-state index in [9.17, 15) is 14.1 Å². The van der Waals surface area contributed by atoms with Crippen molar-refractivity contribution in [3.8, 4) is 0 Å². The minimum atomic E-state index is -1.40. The number of carbonyl (C=O) groups is 2. The maximum absolute atomic E-state index is 12.5. The van der Waals surface area contributed by atoms with E-state index >= 15 is 0 Å². The van der Waals surface area contributed by atoms with E-state index in [-0.39, 0.29) is 11.8 Å². The second-order valence-corrected chi connectivity index (χ2v) is 6.38. The van der Waals surface area contributed by atoms with Gasteiger partial charge in [0.05, 0.1) is 11.4 Å². The number of rotatable bonds is 4. The van der Waals surface area contributed by atoms with E-state index < -0.39 is 11.2 Å². The van der Waals surface area contributed by atoms with Crippen molar-refractivity contribution < 1.29 is 14.1 Å². The molecule has 0 aliphatic heterocycles. The van der Waals surface area contributed by atoms with Crippen LogP contribution in [0, 0.1) is 0 Å². The molecular formula is C16H17N3O3S. The molecule has 6 nitrogen and oxygen atoms in total. The Bertz CT molecular complexity index is 732. The van der Waals surface area contributed by atoms with Gasteiger partial charge >= 0.3 is 0 Å². The van der Waals surface area contributed by atoms with Gasteiger partial charge in [-0.15, -0.1) is 0 Å². The molecular weight excluding hydrogens is 314 g/mol. The maximum Gasteiger partial charge on any atom is 0.221 e. The number of nitrogen functional groups attached to an aromatic ring is 1. The largest absolute Gasteiger partial charge is 0.606 e. The van der Waals surface area contributed by atoms with Crippen LogP contribution in [0.3, 0.4) is 0 Å². The van der Waals surface area contributed by atoms with Crippen molar-refractivity contribution in [2.75, 3.05) is 16.4 Å². The number of benzene rings is 2. The molecule has 0 heterocycles. The molecule has 0 saturated heterocycles. The van der Waals surface area contributed by atoms with Gasteiger partial charge < -0.3 is 20.9 Å². The first-order chi connectivity index (χ1) is 10.9. The van der Waals surface area contributed by atoms with Crippen LogP contribution in [-0.4, -0.2) is 16.4 Å². The molecule has 0 radical (unpaired) electrons. The predicted octanol–water partition coefficient (Wildman–Crippen LogP) is 2.35. The van der Waals surface area contributed by atoms with E-state index in [0.717, 1.165) is 0 Å². The van der Waals surface area contributed by atoms with Crippen molar-refractivity contribution in [2.24, 2.45) is 0 Å². The molecule has 0 aliphatic carbocycles. The molecule has 7 heteroatoms. The summed E-state index contributed by atoms with van der Waals surface area (Å²) in [4.78, 5) is 23.2. The molecule has 2 aromatic rings. The van der Waals surface area contributed by atoms with Crippen LogP contribution in [0.4, 0.5) is 17.1 Å². The predicted molar refractivity (Wildman–Crippen MR) is 90.6 cm³/mol. The lowest BCUT2D eigenvalue weighted by atomic mass is 10.2. The van der Waals surface area contributed by atoms with Gasteiger partial charge in [-0.25, -0.2) is 0 Å². The third-order valence-electron chi connectivity index (χ3n) is 2.94. The van der Waals surface area contributed by atoms with Crippen molar-refractivity contribution >= 4 is 40.1 Å². The van der Waals surface area contributed by atoms with Gasteiger partial charge in [0, 0.05) is 36.8 Å². The highest BCUT2D eigenvalue weighted by Gasteiger charge is 2.16. The molecule has 120 valence electrons. The summed E-state index contributed by atoms with van der Waals surface area (Å²) in [6.07, 6.45) is 0. The minimum absolute atomic E-state index is 0.166. The number of carbonyl (C=O) groups excluding carboxylic acids is 2. The lowest BCUT2D eigenvalue weighted by molar-refractivity contribution is -0.115. The summed E-state index contributed by atoms with van der Waals surface area (Å²) in [5, 5.41) is 5.25. The smallest absolute Gasteiger partial charge is 0.221 e. The average molecular weight is 331 g/mol. The quantitative estimate of drug-likeness (QED) is 0.590. The standard InChI is InChI=1S/C16H17N3O3S/c1-10(20)18-12-3-5-13(6-4-12)23(22)14-7-8-16(15(17)9-14)19-11(2)21/h3-9H,17H2,1-2H3,(H,18,20)(H,19,21). The van der Waals surface area contributed by atoms with Gasteiger partial charge in [-0.2, -0.15) is 0 Å². The first kappa shape index (κ1) is 16.9. The fourth-order valence-electron chi connectivity index (χ4n) is 1.96. The van der Waals surface area contributed by atoms with Crippen LogP contribution in [0.25, 0.3) is 0 Å². The molecule has 23 heavy (non-hydrogen) atoms. The number of nitrogens with two attached hydrogens (primary N) is 1. The molecule has 1 unspecified atom stereocenters. The highest BCUT2D eigenvalue weighted by molar-refractivity contribution is 7.91. The molecule has 0 saturated carbocycles. The first-order valence-corrected chi connectivity index (χ1v) is 7.98. The van der Waals surface area contributed by atoms with E-state index in [1.807, 2.05) is 0 Å². The summed E-state index contributed by atoms with van der Waals surface area (Å²) in [6, 6.07) is 11.6. The van der Waals surface area contributed by atoms with Gasteiger partial charge in [-0.3, -0.25) is 9.59 Å². The summed E-state index contributed by atoms with van der Waals surface area (Å²) in [7, 11) is 0. The number of hydrogen-bond acceptors (Lipinski definition) is 4. The Kier molecular flexibility index (Phi) is 5.25. The average Bonchev–Trinajstić information content (AvgIpc) is 2.48.